The van der Waals surface area contributed by atoms with Gasteiger partial charge in [-0.15, -0.1) is 0 Å². The third-order valence-electron chi connectivity index (χ3n) is 4.33. The molecule has 4 rings (SSSR count). The number of likely N-dealkylation sites (N-methyl/N-ethyl adjacent to an activating group) is 1. The fourth-order valence-electron chi connectivity index (χ4n) is 3.35. The predicted molar refractivity (Wildman–Crippen MR) is 78.4 cm³/mol. The zero-order valence-corrected chi connectivity index (χ0v) is 12.9. The van der Waals surface area contributed by atoms with E-state index in [1.165, 1.54) is 0 Å². The van der Waals surface area contributed by atoms with Gasteiger partial charge in [-0.1, -0.05) is 5.16 Å². The first-order valence-corrected chi connectivity index (χ1v) is 7.67. The summed E-state index contributed by atoms with van der Waals surface area (Å²) in [6.07, 6.45) is 3.19. The molecule has 1 spiro atoms. The van der Waals surface area contributed by atoms with E-state index in [0.29, 0.717) is 37.1 Å². The minimum Gasteiger partial charge on any atom is -0.461 e. The van der Waals surface area contributed by atoms with Crippen LogP contribution in [0.2, 0.25) is 0 Å². The van der Waals surface area contributed by atoms with Crippen LogP contribution in [0.4, 0.5) is 4.79 Å². The van der Waals surface area contributed by atoms with Gasteiger partial charge in [-0.25, -0.2) is 4.79 Å². The third-order valence-corrected chi connectivity index (χ3v) is 4.33. The van der Waals surface area contributed by atoms with Crippen molar-refractivity contribution in [2.24, 2.45) is 0 Å². The highest BCUT2D eigenvalue weighted by Crippen LogP contribution is 2.32. The molecule has 2 fully saturated rings. The van der Waals surface area contributed by atoms with Crippen molar-refractivity contribution >= 4 is 6.09 Å². The molecule has 2 aromatic heterocycles. The van der Waals surface area contributed by atoms with Crippen LogP contribution in [0.25, 0.3) is 11.6 Å². The molecule has 2 aliphatic rings. The van der Waals surface area contributed by atoms with Crippen LogP contribution in [-0.2, 0) is 11.3 Å². The maximum absolute atomic E-state index is 11.7. The molecule has 2 aromatic rings. The number of amides is 1. The van der Waals surface area contributed by atoms with E-state index >= 15 is 0 Å². The maximum Gasteiger partial charge on any atom is 0.410 e. The number of hydrogen-bond acceptors (Lipinski definition) is 7. The molecule has 8 nitrogen and oxygen atoms in total. The number of ether oxygens (including phenoxy) is 1. The molecule has 0 bridgehead atoms. The van der Waals surface area contributed by atoms with Crippen LogP contribution in [0, 0.1) is 0 Å². The zero-order valence-electron chi connectivity index (χ0n) is 12.9. The molecule has 0 aromatic carbocycles. The Labute approximate surface area is 133 Å². The van der Waals surface area contributed by atoms with E-state index in [-0.39, 0.29) is 6.09 Å². The SMILES string of the molecule is CN1CC2(CCCN(Cc3nc(-c4ccco4)no3)C2)OC1=O. The van der Waals surface area contributed by atoms with Crippen LogP contribution >= 0.6 is 0 Å². The smallest absolute Gasteiger partial charge is 0.410 e. The van der Waals surface area contributed by atoms with Crippen molar-refractivity contribution < 1.29 is 18.5 Å². The molecule has 8 heteroatoms. The monoisotopic (exact) mass is 318 g/mol. The van der Waals surface area contributed by atoms with Gasteiger partial charge in [0.15, 0.2) is 5.76 Å². The number of carbonyl (C=O) groups is 1. The first-order valence-electron chi connectivity index (χ1n) is 7.67. The second kappa shape index (κ2) is 5.38. The van der Waals surface area contributed by atoms with Crippen LogP contribution in [0.3, 0.4) is 0 Å². The van der Waals surface area contributed by atoms with Gasteiger partial charge in [-0.3, -0.25) is 4.90 Å². The lowest BCUT2D eigenvalue weighted by Crippen LogP contribution is -2.50. The molecule has 2 aliphatic heterocycles. The fraction of sp³-hybridized carbons (Fsp3) is 0.533. The van der Waals surface area contributed by atoms with E-state index in [1.807, 2.05) is 0 Å². The van der Waals surface area contributed by atoms with Crippen molar-refractivity contribution in [1.29, 1.82) is 0 Å². The summed E-state index contributed by atoms with van der Waals surface area (Å²) in [6.45, 7) is 2.77. The van der Waals surface area contributed by atoms with E-state index < -0.39 is 5.60 Å². The Bertz CT molecular complexity index is 698. The van der Waals surface area contributed by atoms with Gasteiger partial charge in [0.2, 0.25) is 11.7 Å². The van der Waals surface area contributed by atoms with E-state index in [2.05, 4.69) is 15.0 Å². The van der Waals surface area contributed by atoms with Crippen molar-refractivity contribution in [3.8, 4) is 11.6 Å². The molecule has 1 atom stereocenters. The average molecular weight is 318 g/mol. The van der Waals surface area contributed by atoms with Crippen LogP contribution in [-0.4, -0.2) is 58.3 Å². The topological polar surface area (TPSA) is 84.8 Å². The van der Waals surface area contributed by atoms with Gasteiger partial charge in [0.05, 0.1) is 19.4 Å². The van der Waals surface area contributed by atoms with Crippen molar-refractivity contribution in [3.05, 3.63) is 24.3 Å². The Morgan fingerprint density at radius 3 is 3.04 bits per heavy atom. The standard InChI is InChI=1S/C15H18N4O4/c1-18-9-15(22-14(18)20)5-3-6-19(10-15)8-12-16-13(17-23-12)11-4-2-7-21-11/h2,4,7H,3,5-6,8-10H2,1H3. The van der Waals surface area contributed by atoms with Crippen LogP contribution in [0.1, 0.15) is 18.7 Å². The first kappa shape index (κ1) is 14.3. The molecule has 0 aliphatic carbocycles. The van der Waals surface area contributed by atoms with Gasteiger partial charge in [0.25, 0.3) is 0 Å². The zero-order chi connectivity index (χ0) is 15.9. The number of furan rings is 1. The fourth-order valence-corrected chi connectivity index (χ4v) is 3.35. The average Bonchev–Trinajstić information content (AvgIpc) is 3.21. The second-order valence-corrected chi connectivity index (χ2v) is 6.21. The van der Waals surface area contributed by atoms with E-state index in [0.717, 1.165) is 19.4 Å². The van der Waals surface area contributed by atoms with Gasteiger partial charge >= 0.3 is 6.09 Å². The highest BCUT2D eigenvalue weighted by Gasteiger charge is 2.46. The van der Waals surface area contributed by atoms with Crippen molar-refractivity contribution in [3.63, 3.8) is 0 Å². The molecule has 0 radical (unpaired) electrons. The van der Waals surface area contributed by atoms with Crippen molar-refractivity contribution in [2.45, 2.75) is 25.0 Å². The maximum atomic E-state index is 11.7. The Balaban J connectivity index is 1.44. The minimum atomic E-state index is -0.409. The van der Waals surface area contributed by atoms with Gasteiger partial charge in [0.1, 0.15) is 5.60 Å². The molecule has 0 saturated carbocycles. The Hall–Kier alpha value is -2.35. The molecule has 4 heterocycles. The van der Waals surface area contributed by atoms with E-state index in [9.17, 15) is 4.79 Å². The largest absolute Gasteiger partial charge is 0.461 e. The van der Waals surface area contributed by atoms with Gasteiger partial charge in [-0.05, 0) is 31.5 Å². The van der Waals surface area contributed by atoms with Crippen LogP contribution < -0.4 is 0 Å². The summed E-state index contributed by atoms with van der Waals surface area (Å²) >= 11 is 0. The van der Waals surface area contributed by atoms with Crippen LogP contribution in [0.5, 0.6) is 0 Å². The molecule has 122 valence electrons. The summed E-state index contributed by atoms with van der Waals surface area (Å²) in [7, 11) is 1.77. The molecule has 2 saturated heterocycles. The molecule has 1 amide bonds. The lowest BCUT2D eigenvalue weighted by Gasteiger charge is -2.37. The minimum absolute atomic E-state index is 0.246. The summed E-state index contributed by atoms with van der Waals surface area (Å²) in [4.78, 5) is 19.9. The number of nitrogens with zero attached hydrogens (tertiary/aromatic N) is 4. The predicted octanol–water partition coefficient (Wildman–Crippen LogP) is 1.75. The third kappa shape index (κ3) is 2.70. The highest BCUT2D eigenvalue weighted by atomic mass is 16.6. The number of piperidine rings is 1. The lowest BCUT2D eigenvalue weighted by molar-refractivity contribution is -0.0139. The highest BCUT2D eigenvalue weighted by molar-refractivity contribution is 5.70. The molecule has 1 unspecified atom stereocenters. The summed E-state index contributed by atoms with van der Waals surface area (Å²) in [5.41, 5.74) is -0.409. The normalized spacial score (nSPS) is 25.3. The number of rotatable bonds is 3. The molecular formula is C15H18N4O4. The van der Waals surface area contributed by atoms with Gasteiger partial charge in [-0.2, -0.15) is 4.98 Å². The lowest BCUT2D eigenvalue weighted by atomic mass is 9.93. The first-order chi connectivity index (χ1) is 11.1. The Morgan fingerprint density at radius 2 is 2.30 bits per heavy atom. The molecule has 23 heavy (non-hydrogen) atoms. The summed E-state index contributed by atoms with van der Waals surface area (Å²) in [6, 6.07) is 3.57. The van der Waals surface area contributed by atoms with Crippen LogP contribution in [0.15, 0.2) is 27.3 Å². The number of carbonyl (C=O) groups excluding carboxylic acids is 1. The summed E-state index contributed by atoms with van der Waals surface area (Å²) in [5, 5.41) is 3.94. The summed E-state index contributed by atoms with van der Waals surface area (Å²) in [5.74, 6) is 1.57. The van der Waals surface area contributed by atoms with Gasteiger partial charge < -0.3 is 18.6 Å². The van der Waals surface area contributed by atoms with Gasteiger partial charge in [0, 0.05) is 13.6 Å². The molecule has 0 N–H and O–H groups in total. The second-order valence-electron chi connectivity index (χ2n) is 6.21. The van der Waals surface area contributed by atoms with Crippen molar-refractivity contribution in [1.82, 2.24) is 19.9 Å². The number of aromatic nitrogens is 2. The molecular weight excluding hydrogens is 300 g/mol. The Kier molecular flexibility index (Phi) is 3.33. The van der Waals surface area contributed by atoms with E-state index in [4.69, 9.17) is 13.7 Å². The Morgan fingerprint density at radius 1 is 1.39 bits per heavy atom. The van der Waals surface area contributed by atoms with E-state index in [1.54, 1.807) is 30.3 Å². The quantitative estimate of drug-likeness (QED) is 0.852. The number of hydrogen-bond donors (Lipinski definition) is 0. The summed E-state index contributed by atoms with van der Waals surface area (Å²) < 4.78 is 16.2. The van der Waals surface area contributed by atoms with Crippen molar-refractivity contribution in [2.75, 3.05) is 26.7 Å². The number of likely N-dealkylation sites (tertiary alicyclic amines) is 1.